The number of fused-ring (bicyclic) bond motifs is 1. The topological polar surface area (TPSA) is 97.0 Å². The molecule has 0 saturated carbocycles. The Hall–Kier alpha value is -3.45. The summed E-state index contributed by atoms with van der Waals surface area (Å²) in [4.78, 5) is 29.9. The first kappa shape index (κ1) is 29.5. The zero-order chi connectivity index (χ0) is 29.2. The molecular weight excluding hydrogens is 536 g/mol. The van der Waals surface area contributed by atoms with E-state index in [1.165, 1.54) is 26.0 Å². The van der Waals surface area contributed by atoms with E-state index in [2.05, 4.69) is 15.1 Å². The molecule has 218 valence electrons. The van der Waals surface area contributed by atoms with E-state index in [4.69, 9.17) is 14.2 Å². The van der Waals surface area contributed by atoms with E-state index in [-0.39, 0.29) is 41.3 Å². The Bertz CT molecular complexity index is 1280. The Morgan fingerprint density at radius 2 is 1.90 bits per heavy atom. The van der Waals surface area contributed by atoms with Gasteiger partial charge in [0.05, 0.1) is 25.0 Å². The van der Waals surface area contributed by atoms with Crippen LogP contribution in [0.3, 0.4) is 0 Å². The van der Waals surface area contributed by atoms with Gasteiger partial charge in [-0.1, -0.05) is 13.8 Å². The van der Waals surface area contributed by atoms with Crippen molar-refractivity contribution in [2.24, 2.45) is 0 Å². The highest BCUT2D eigenvalue weighted by atomic mass is 19.4. The Labute approximate surface area is 229 Å². The number of ether oxygens (including phenoxy) is 3. The molecule has 1 N–H and O–H groups in total. The Balaban J connectivity index is 1.65. The highest BCUT2D eigenvalue weighted by Crippen LogP contribution is 2.42. The molecule has 2 aliphatic heterocycles. The van der Waals surface area contributed by atoms with Crippen molar-refractivity contribution >= 4 is 17.4 Å². The summed E-state index contributed by atoms with van der Waals surface area (Å²) in [5, 5.41) is 5.80. The monoisotopic (exact) mass is 568 g/mol. The van der Waals surface area contributed by atoms with Crippen molar-refractivity contribution < 1.29 is 41.4 Å². The van der Waals surface area contributed by atoms with Crippen LogP contribution in [0.1, 0.15) is 55.0 Å². The average Bonchev–Trinajstić information content (AvgIpc) is 3.30. The van der Waals surface area contributed by atoms with Crippen molar-refractivity contribution in [2.45, 2.75) is 45.4 Å². The lowest BCUT2D eigenvalue weighted by atomic mass is 9.81. The number of rotatable bonds is 7. The van der Waals surface area contributed by atoms with Gasteiger partial charge in [0.15, 0.2) is 17.3 Å². The number of aromatic nitrogens is 2. The number of aromatic amines is 1. The minimum absolute atomic E-state index is 0.0335. The minimum atomic E-state index is -4.81. The van der Waals surface area contributed by atoms with Crippen molar-refractivity contribution in [3.05, 3.63) is 52.7 Å². The summed E-state index contributed by atoms with van der Waals surface area (Å²) in [6.45, 7) is 9.39. The van der Waals surface area contributed by atoms with Gasteiger partial charge in [0.1, 0.15) is 12.2 Å². The number of H-pyrrole nitrogens is 1. The third-order valence-corrected chi connectivity index (χ3v) is 6.60. The number of morpholine rings is 1. The molecule has 1 saturated heterocycles. The average molecular weight is 569 g/mol. The fourth-order valence-electron chi connectivity index (χ4n) is 4.76. The fourth-order valence-corrected chi connectivity index (χ4v) is 4.76. The zero-order valence-corrected chi connectivity index (χ0v) is 22.7. The van der Waals surface area contributed by atoms with E-state index in [0.29, 0.717) is 19.8 Å². The zero-order valence-electron chi connectivity index (χ0n) is 22.7. The number of benzene rings is 1. The number of nitrogens with zero attached hydrogens (tertiary/aromatic N) is 3. The van der Waals surface area contributed by atoms with Gasteiger partial charge in [-0.2, -0.15) is 18.3 Å². The van der Waals surface area contributed by atoms with Crippen LogP contribution in [0.15, 0.2) is 24.4 Å². The van der Waals surface area contributed by atoms with E-state index in [0.717, 1.165) is 30.3 Å². The van der Waals surface area contributed by atoms with E-state index in [1.807, 2.05) is 0 Å². The lowest BCUT2D eigenvalue weighted by molar-refractivity contribution is -0.142. The number of esters is 1. The quantitative estimate of drug-likeness (QED) is 0.398. The van der Waals surface area contributed by atoms with Crippen LogP contribution in [-0.4, -0.2) is 84.0 Å². The van der Waals surface area contributed by atoms with Crippen LogP contribution in [0.2, 0.25) is 0 Å². The van der Waals surface area contributed by atoms with Gasteiger partial charge in [-0.25, -0.2) is 9.18 Å². The van der Waals surface area contributed by atoms with Crippen LogP contribution < -0.4 is 4.74 Å². The van der Waals surface area contributed by atoms with Gasteiger partial charge in [-0.3, -0.25) is 14.8 Å². The molecule has 40 heavy (non-hydrogen) atoms. The highest BCUT2D eigenvalue weighted by Gasteiger charge is 2.46. The van der Waals surface area contributed by atoms with Crippen LogP contribution in [-0.2, 0) is 25.9 Å². The van der Waals surface area contributed by atoms with E-state index in [1.54, 1.807) is 13.8 Å². The molecule has 0 atom stereocenters. The van der Waals surface area contributed by atoms with Gasteiger partial charge in [-0.15, -0.1) is 0 Å². The predicted molar refractivity (Wildman–Crippen MR) is 136 cm³/mol. The van der Waals surface area contributed by atoms with Crippen molar-refractivity contribution in [3.8, 4) is 5.75 Å². The molecular formula is C27H32F4N4O5. The third-order valence-electron chi connectivity index (χ3n) is 6.60. The molecule has 0 bridgehead atoms. The summed E-state index contributed by atoms with van der Waals surface area (Å²) in [6, 6.07) is 3.59. The molecule has 0 spiro atoms. The maximum absolute atomic E-state index is 14.5. The number of hydrogen-bond acceptors (Lipinski definition) is 7. The molecule has 13 heteroatoms. The van der Waals surface area contributed by atoms with E-state index in [9.17, 15) is 27.2 Å². The lowest BCUT2D eigenvalue weighted by Crippen LogP contribution is -2.38. The van der Waals surface area contributed by atoms with Crippen LogP contribution in [0.25, 0.3) is 5.57 Å². The number of amides is 1. The fraction of sp³-hybridized carbons (Fsp3) is 0.519. The smallest absolute Gasteiger partial charge is 0.435 e. The van der Waals surface area contributed by atoms with Gasteiger partial charge in [0.25, 0.3) is 5.91 Å². The second-order valence-electron chi connectivity index (χ2n) is 10.6. The number of nitrogens with one attached hydrogen (secondary N) is 1. The van der Waals surface area contributed by atoms with Crippen LogP contribution >= 0.6 is 0 Å². The Morgan fingerprint density at radius 1 is 1.20 bits per heavy atom. The van der Waals surface area contributed by atoms with Crippen molar-refractivity contribution in [1.29, 1.82) is 0 Å². The van der Waals surface area contributed by atoms with E-state index >= 15 is 0 Å². The van der Waals surface area contributed by atoms with Crippen LogP contribution in [0.5, 0.6) is 5.75 Å². The molecule has 2 aliphatic rings. The summed E-state index contributed by atoms with van der Waals surface area (Å²) < 4.78 is 72.4. The van der Waals surface area contributed by atoms with Crippen LogP contribution in [0, 0.1) is 5.82 Å². The van der Waals surface area contributed by atoms with Gasteiger partial charge in [0, 0.05) is 48.9 Å². The molecule has 0 radical (unpaired) electrons. The number of carbonyl (C=O) groups excluding carboxylic acids is 2. The minimum Gasteiger partial charge on any atom is -0.489 e. The summed E-state index contributed by atoms with van der Waals surface area (Å²) >= 11 is 0. The molecule has 1 aromatic heterocycles. The first-order chi connectivity index (χ1) is 18.8. The molecule has 1 fully saturated rings. The molecule has 3 heterocycles. The molecule has 1 amide bonds. The highest BCUT2D eigenvalue weighted by molar-refractivity contribution is 6.17. The van der Waals surface area contributed by atoms with Gasteiger partial charge in [-0.05, 0) is 32.0 Å². The first-order valence-electron chi connectivity index (χ1n) is 12.9. The normalized spacial score (nSPS) is 17.7. The van der Waals surface area contributed by atoms with Crippen molar-refractivity contribution in [1.82, 2.24) is 20.0 Å². The number of halogens is 4. The van der Waals surface area contributed by atoms with Crippen molar-refractivity contribution in [3.63, 3.8) is 0 Å². The van der Waals surface area contributed by atoms with Crippen molar-refractivity contribution in [2.75, 3.05) is 46.0 Å². The lowest BCUT2D eigenvalue weighted by Gasteiger charge is -2.30. The Kier molecular flexibility index (Phi) is 8.55. The maximum atomic E-state index is 14.5. The van der Waals surface area contributed by atoms with Gasteiger partial charge >= 0.3 is 12.1 Å². The molecule has 1 aromatic carbocycles. The van der Waals surface area contributed by atoms with Gasteiger partial charge < -0.3 is 19.1 Å². The molecule has 0 unspecified atom stereocenters. The van der Waals surface area contributed by atoms with Crippen LogP contribution in [0.4, 0.5) is 17.6 Å². The third kappa shape index (κ3) is 6.47. The Morgan fingerprint density at radius 3 is 2.55 bits per heavy atom. The molecule has 4 rings (SSSR count). The SMILES string of the molecule is CC(C)OC(=O)C1=CN(C(=O)c2ccc(F)c(OCCN3CCOCC3)c2)CC(C)(C)c2c(C(F)(F)F)n[nH]c21. The number of alkyl halides is 3. The second kappa shape index (κ2) is 11.6. The van der Waals surface area contributed by atoms with E-state index < -0.39 is 41.1 Å². The maximum Gasteiger partial charge on any atom is 0.435 e. The van der Waals surface area contributed by atoms with Gasteiger partial charge in [0.2, 0.25) is 0 Å². The molecule has 9 nitrogen and oxygen atoms in total. The standard InChI is InChI=1S/C27H32F4N4O5/c1-16(2)40-25(37)18-14-35(15-26(3,4)21-22(18)32-33-23(21)27(29,30)31)24(36)17-5-6-19(28)20(13-17)39-12-9-34-7-10-38-11-8-34/h5-6,13-14,16H,7-12,15H2,1-4H3,(H,32,33). The summed E-state index contributed by atoms with van der Waals surface area (Å²) in [5.41, 5.74) is -3.15. The summed E-state index contributed by atoms with van der Waals surface area (Å²) in [6.07, 6.45) is -4.23. The largest absolute Gasteiger partial charge is 0.489 e. The summed E-state index contributed by atoms with van der Waals surface area (Å²) in [5.74, 6) is -2.38. The summed E-state index contributed by atoms with van der Waals surface area (Å²) in [7, 11) is 0. The first-order valence-corrected chi connectivity index (χ1v) is 12.9. The molecule has 2 aromatic rings. The predicted octanol–water partition coefficient (Wildman–Crippen LogP) is 4.00. The molecule has 0 aliphatic carbocycles. The number of carbonyl (C=O) groups is 2. The second-order valence-corrected chi connectivity index (χ2v) is 10.6. The number of hydrogen-bond donors (Lipinski definition) is 1.